The van der Waals surface area contributed by atoms with Crippen LogP contribution in [0.4, 0.5) is 0 Å². The first-order valence-corrected chi connectivity index (χ1v) is 7.16. The van der Waals surface area contributed by atoms with Gasteiger partial charge in [0.05, 0.1) is 6.33 Å². The van der Waals surface area contributed by atoms with E-state index in [1.807, 2.05) is 16.5 Å². The van der Waals surface area contributed by atoms with Crippen molar-refractivity contribution in [1.82, 2.24) is 14.5 Å². The molecule has 1 aliphatic carbocycles. The molecule has 0 unspecified atom stereocenters. The lowest BCUT2D eigenvalue weighted by Crippen LogP contribution is -2.44. The SMILES string of the molecule is CCCN(C(=O)c1cn(C)cn1)C1CCC(N)CC1. The van der Waals surface area contributed by atoms with Gasteiger partial charge in [0.1, 0.15) is 5.69 Å². The Bertz CT molecular complexity index is 421. The molecule has 0 aromatic carbocycles. The molecule has 0 aliphatic heterocycles. The highest BCUT2D eigenvalue weighted by atomic mass is 16.2. The van der Waals surface area contributed by atoms with Crippen molar-refractivity contribution in [1.29, 1.82) is 0 Å². The lowest BCUT2D eigenvalue weighted by atomic mass is 9.90. The Kier molecular flexibility index (Phi) is 4.58. The molecule has 2 rings (SSSR count). The Labute approximate surface area is 114 Å². The quantitative estimate of drug-likeness (QED) is 0.897. The van der Waals surface area contributed by atoms with Crippen LogP contribution in [0.1, 0.15) is 49.5 Å². The van der Waals surface area contributed by atoms with Crippen LogP contribution in [-0.4, -0.2) is 39.0 Å². The zero-order valence-electron chi connectivity index (χ0n) is 11.9. The van der Waals surface area contributed by atoms with Gasteiger partial charge in [0.2, 0.25) is 0 Å². The summed E-state index contributed by atoms with van der Waals surface area (Å²) in [7, 11) is 1.88. The van der Waals surface area contributed by atoms with Crippen molar-refractivity contribution >= 4 is 5.91 Å². The molecular weight excluding hydrogens is 240 g/mol. The molecule has 0 bridgehead atoms. The Morgan fingerprint density at radius 2 is 2.16 bits per heavy atom. The van der Waals surface area contributed by atoms with Crippen molar-refractivity contribution in [3.63, 3.8) is 0 Å². The van der Waals surface area contributed by atoms with Gasteiger partial charge < -0.3 is 15.2 Å². The maximum atomic E-state index is 12.5. The molecule has 1 saturated carbocycles. The van der Waals surface area contributed by atoms with E-state index < -0.39 is 0 Å². The maximum absolute atomic E-state index is 12.5. The number of aromatic nitrogens is 2. The first-order valence-electron chi connectivity index (χ1n) is 7.16. The Hall–Kier alpha value is -1.36. The molecule has 1 aromatic heterocycles. The van der Waals surface area contributed by atoms with Gasteiger partial charge in [0, 0.05) is 31.9 Å². The van der Waals surface area contributed by atoms with Gasteiger partial charge in [-0.25, -0.2) is 4.98 Å². The van der Waals surface area contributed by atoms with Gasteiger partial charge in [-0.3, -0.25) is 4.79 Å². The molecule has 106 valence electrons. The number of hydrogen-bond donors (Lipinski definition) is 1. The van der Waals surface area contributed by atoms with E-state index in [-0.39, 0.29) is 5.91 Å². The van der Waals surface area contributed by atoms with Crippen molar-refractivity contribution in [2.24, 2.45) is 12.8 Å². The van der Waals surface area contributed by atoms with Gasteiger partial charge >= 0.3 is 0 Å². The number of rotatable bonds is 4. The highest BCUT2D eigenvalue weighted by Crippen LogP contribution is 2.23. The number of hydrogen-bond acceptors (Lipinski definition) is 3. The zero-order valence-corrected chi connectivity index (χ0v) is 11.9. The number of nitrogens with two attached hydrogens (primary N) is 1. The highest BCUT2D eigenvalue weighted by molar-refractivity contribution is 5.92. The van der Waals surface area contributed by atoms with Crippen LogP contribution in [0.2, 0.25) is 0 Å². The van der Waals surface area contributed by atoms with E-state index >= 15 is 0 Å². The predicted octanol–water partition coefficient (Wildman–Crippen LogP) is 1.54. The van der Waals surface area contributed by atoms with E-state index in [0.717, 1.165) is 38.6 Å². The normalized spacial score (nSPS) is 23.3. The van der Waals surface area contributed by atoms with E-state index in [0.29, 0.717) is 17.8 Å². The minimum Gasteiger partial charge on any atom is -0.340 e. The summed E-state index contributed by atoms with van der Waals surface area (Å²) in [5.41, 5.74) is 6.49. The largest absolute Gasteiger partial charge is 0.340 e. The molecular formula is C14H24N4O. The van der Waals surface area contributed by atoms with Gasteiger partial charge in [-0.2, -0.15) is 0 Å². The van der Waals surface area contributed by atoms with Gasteiger partial charge in [0.25, 0.3) is 5.91 Å². The molecule has 1 aliphatic rings. The van der Waals surface area contributed by atoms with Gasteiger partial charge in [-0.05, 0) is 32.1 Å². The van der Waals surface area contributed by atoms with Crippen LogP contribution in [0.25, 0.3) is 0 Å². The standard InChI is InChI=1S/C14H24N4O/c1-3-8-18(12-6-4-11(15)5-7-12)14(19)13-9-17(2)10-16-13/h9-12H,3-8,15H2,1-2H3. The summed E-state index contributed by atoms with van der Waals surface area (Å²) in [5.74, 6) is 0.0583. The minimum absolute atomic E-state index is 0.0583. The van der Waals surface area contributed by atoms with Crippen molar-refractivity contribution in [3.05, 3.63) is 18.2 Å². The molecule has 2 N–H and O–H groups in total. The summed E-state index contributed by atoms with van der Waals surface area (Å²) < 4.78 is 1.81. The van der Waals surface area contributed by atoms with Crippen LogP contribution >= 0.6 is 0 Å². The molecule has 0 atom stereocenters. The first-order chi connectivity index (χ1) is 9.11. The third-order valence-corrected chi connectivity index (χ3v) is 3.83. The van der Waals surface area contributed by atoms with Crippen LogP contribution in [0.3, 0.4) is 0 Å². The number of nitrogens with zero attached hydrogens (tertiary/aromatic N) is 3. The smallest absolute Gasteiger partial charge is 0.274 e. The predicted molar refractivity (Wildman–Crippen MR) is 74.8 cm³/mol. The molecule has 1 fully saturated rings. The van der Waals surface area contributed by atoms with Gasteiger partial charge in [-0.15, -0.1) is 0 Å². The second-order valence-corrected chi connectivity index (χ2v) is 5.49. The first kappa shape index (κ1) is 14.1. The van der Waals surface area contributed by atoms with Crippen molar-refractivity contribution in [2.45, 2.75) is 51.1 Å². The topological polar surface area (TPSA) is 64.2 Å². The molecule has 0 radical (unpaired) electrons. The summed E-state index contributed by atoms with van der Waals surface area (Å²) in [4.78, 5) is 18.7. The molecule has 5 nitrogen and oxygen atoms in total. The molecule has 19 heavy (non-hydrogen) atoms. The summed E-state index contributed by atoms with van der Waals surface area (Å²) in [5, 5.41) is 0. The summed E-state index contributed by atoms with van der Waals surface area (Å²) in [6, 6.07) is 0.638. The third-order valence-electron chi connectivity index (χ3n) is 3.83. The van der Waals surface area contributed by atoms with E-state index in [1.165, 1.54) is 0 Å². The second-order valence-electron chi connectivity index (χ2n) is 5.49. The van der Waals surface area contributed by atoms with E-state index in [4.69, 9.17) is 5.73 Å². The molecule has 5 heteroatoms. The fraction of sp³-hybridized carbons (Fsp3) is 0.714. The van der Waals surface area contributed by atoms with Crippen molar-refractivity contribution in [3.8, 4) is 0 Å². The van der Waals surface area contributed by atoms with Crippen LogP contribution < -0.4 is 5.73 Å². The van der Waals surface area contributed by atoms with Crippen molar-refractivity contribution < 1.29 is 4.79 Å². The number of imidazole rings is 1. The highest BCUT2D eigenvalue weighted by Gasteiger charge is 2.28. The number of amides is 1. The Morgan fingerprint density at radius 1 is 1.47 bits per heavy atom. The summed E-state index contributed by atoms with van der Waals surface area (Å²) >= 11 is 0. The van der Waals surface area contributed by atoms with Crippen molar-refractivity contribution in [2.75, 3.05) is 6.54 Å². The van der Waals surface area contributed by atoms with E-state index in [9.17, 15) is 4.79 Å². The maximum Gasteiger partial charge on any atom is 0.274 e. The van der Waals surface area contributed by atoms with Crippen LogP contribution in [-0.2, 0) is 7.05 Å². The van der Waals surface area contributed by atoms with Crippen LogP contribution in [0, 0.1) is 0 Å². The molecule has 0 spiro atoms. The monoisotopic (exact) mass is 264 g/mol. The average Bonchev–Trinajstić information content (AvgIpc) is 2.83. The molecule has 1 heterocycles. The lowest BCUT2D eigenvalue weighted by Gasteiger charge is -2.35. The summed E-state index contributed by atoms with van der Waals surface area (Å²) in [6.07, 6.45) is 8.50. The molecule has 0 saturated heterocycles. The number of aryl methyl sites for hydroxylation is 1. The van der Waals surface area contributed by atoms with Crippen LogP contribution in [0.15, 0.2) is 12.5 Å². The number of carbonyl (C=O) groups excluding carboxylic acids is 1. The second kappa shape index (κ2) is 6.19. The lowest BCUT2D eigenvalue weighted by molar-refractivity contribution is 0.0621. The Morgan fingerprint density at radius 3 is 2.68 bits per heavy atom. The zero-order chi connectivity index (χ0) is 13.8. The Balaban J connectivity index is 2.08. The van der Waals surface area contributed by atoms with Gasteiger partial charge in [-0.1, -0.05) is 6.92 Å². The third kappa shape index (κ3) is 3.35. The fourth-order valence-electron chi connectivity index (χ4n) is 2.77. The fourth-order valence-corrected chi connectivity index (χ4v) is 2.77. The number of carbonyl (C=O) groups is 1. The van der Waals surface area contributed by atoms with Crippen LogP contribution in [0.5, 0.6) is 0 Å². The molecule has 1 amide bonds. The minimum atomic E-state index is 0.0583. The summed E-state index contributed by atoms with van der Waals surface area (Å²) in [6.45, 7) is 2.91. The van der Waals surface area contributed by atoms with Gasteiger partial charge in [0.15, 0.2) is 0 Å². The van der Waals surface area contributed by atoms with E-state index in [1.54, 1.807) is 12.5 Å². The molecule has 1 aromatic rings. The average molecular weight is 264 g/mol. The van der Waals surface area contributed by atoms with E-state index in [2.05, 4.69) is 11.9 Å².